The van der Waals surface area contributed by atoms with Gasteiger partial charge in [-0.2, -0.15) is 0 Å². The Hall–Kier alpha value is -2.31. The molecule has 7 heteroatoms. The molecule has 1 atom stereocenters. The minimum Gasteiger partial charge on any atom is -0.353 e. The topological polar surface area (TPSA) is 55.8 Å². The predicted octanol–water partition coefficient (Wildman–Crippen LogP) is 2.74. The first-order valence-corrected chi connectivity index (χ1v) is 9.98. The standard InChI is InChI=1S/C21H29ClN6/c1-23-21(25-13-16-6-4-7-17(12-16)14-27(2)3)26-18-9-11-28(15-18)20-19(22)8-5-10-24-20/h4-8,10,12,18H,9,11,13-15H2,1-3H3,(H2,23,25,26). The van der Waals surface area contributed by atoms with Crippen LogP contribution in [0.2, 0.25) is 5.02 Å². The van der Waals surface area contributed by atoms with E-state index >= 15 is 0 Å². The van der Waals surface area contributed by atoms with E-state index in [1.165, 1.54) is 11.1 Å². The van der Waals surface area contributed by atoms with E-state index in [1.54, 1.807) is 13.2 Å². The number of rotatable bonds is 6. The van der Waals surface area contributed by atoms with Crippen molar-refractivity contribution in [2.24, 2.45) is 4.99 Å². The summed E-state index contributed by atoms with van der Waals surface area (Å²) in [6.07, 6.45) is 2.80. The van der Waals surface area contributed by atoms with Gasteiger partial charge in [-0.15, -0.1) is 0 Å². The highest BCUT2D eigenvalue weighted by Crippen LogP contribution is 2.25. The van der Waals surface area contributed by atoms with E-state index in [1.807, 2.05) is 12.1 Å². The van der Waals surface area contributed by atoms with Crippen LogP contribution in [-0.4, -0.2) is 56.1 Å². The maximum Gasteiger partial charge on any atom is 0.191 e. The Kier molecular flexibility index (Phi) is 7.12. The molecule has 0 saturated carbocycles. The van der Waals surface area contributed by atoms with Gasteiger partial charge in [0.2, 0.25) is 0 Å². The Bertz CT molecular complexity index is 807. The van der Waals surface area contributed by atoms with Crippen molar-refractivity contribution in [3.8, 4) is 0 Å². The molecule has 3 rings (SSSR count). The van der Waals surface area contributed by atoms with Crippen LogP contribution in [0.3, 0.4) is 0 Å². The third-order valence-electron chi connectivity index (χ3n) is 4.74. The molecule has 150 valence electrons. The highest BCUT2D eigenvalue weighted by atomic mass is 35.5. The molecule has 0 spiro atoms. The number of nitrogens with zero attached hydrogens (tertiary/aromatic N) is 4. The minimum atomic E-state index is 0.310. The molecule has 0 bridgehead atoms. The van der Waals surface area contributed by atoms with Crippen molar-refractivity contribution in [1.29, 1.82) is 0 Å². The summed E-state index contributed by atoms with van der Waals surface area (Å²) < 4.78 is 0. The maximum atomic E-state index is 6.28. The van der Waals surface area contributed by atoms with Crippen LogP contribution < -0.4 is 15.5 Å². The van der Waals surface area contributed by atoms with Gasteiger partial charge in [0.25, 0.3) is 0 Å². The molecule has 1 aliphatic rings. The molecule has 2 heterocycles. The number of anilines is 1. The molecule has 1 saturated heterocycles. The van der Waals surface area contributed by atoms with Crippen molar-refractivity contribution in [3.05, 3.63) is 58.7 Å². The highest BCUT2D eigenvalue weighted by molar-refractivity contribution is 6.32. The molecule has 2 aromatic rings. The van der Waals surface area contributed by atoms with Crippen LogP contribution in [0.25, 0.3) is 0 Å². The van der Waals surface area contributed by atoms with Crippen molar-refractivity contribution in [2.45, 2.75) is 25.6 Å². The number of guanidine groups is 1. The van der Waals surface area contributed by atoms with Gasteiger partial charge in [-0.05, 0) is 43.8 Å². The summed E-state index contributed by atoms with van der Waals surface area (Å²) in [6.45, 7) is 3.46. The fourth-order valence-corrected chi connectivity index (χ4v) is 3.70. The zero-order valence-electron chi connectivity index (χ0n) is 16.8. The Morgan fingerprint density at radius 2 is 2.11 bits per heavy atom. The summed E-state index contributed by atoms with van der Waals surface area (Å²) in [4.78, 5) is 13.2. The minimum absolute atomic E-state index is 0.310. The summed E-state index contributed by atoms with van der Waals surface area (Å²) in [7, 11) is 5.97. The van der Waals surface area contributed by atoms with Gasteiger partial charge in [-0.3, -0.25) is 4.99 Å². The molecule has 1 fully saturated rings. The second kappa shape index (κ2) is 9.75. The normalized spacial score (nSPS) is 17.2. The fraction of sp³-hybridized carbons (Fsp3) is 0.429. The average Bonchev–Trinajstić information content (AvgIpc) is 3.13. The molecular formula is C21H29ClN6. The van der Waals surface area contributed by atoms with Gasteiger partial charge in [0.15, 0.2) is 5.96 Å². The van der Waals surface area contributed by atoms with E-state index in [-0.39, 0.29) is 0 Å². The first-order valence-electron chi connectivity index (χ1n) is 9.60. The van der Waals surface area contributed by atoms with Gasteiger partial charge < -0.3 is 20.4 Å². The molecule has 6 nitrogen and oxygen atoms in total. The lowest BCUT2D eigenvalue weighted by molar-refractivity contribution is 0.402. The molecule has 2 N–H and O–H groups in total. The van der Waals surface area contributed by atoms with Crippen LogP contribution in [0.1, 0.15) is 17.5 Å². The third-order valence-corrected chi connectivity index (χ3v) is 5.04. The van der Waals surface area contributed by atoms with Gasteiger partial charge >= 0.3 is 0 Å². The third kappa shape index (κ3) is 5.59. The monoisotopic (exact) mass is 400 g/mol. The van der Waals surface area contributed by atoms with E-state index < -0.39 is 0 Å². The second-order valence-corrected chi connectivity index (χ2v) is 7.78. The molecule has 1 aromatic heterocycles. The van der Waals surface area contributed by atoms with Crippen LogP contribution in [0.15, 0.2) is 47.6 Å². The second-order valence-electron chi connectivity index (χ2n) is 7.37. The van der Waals surface area contributed by atoms with Crippen LogP contribution in [0.5, 0.6) is 0 Å². The van der Waals surface area contributed by atoms with Crippen molar-refractivity contribution in [1.82, 2.24) is 20.5 Å². The van der Waals surface area contributed by atoms with Crippen LogP contribution >= 0.6 is 11.6 Å². The van der Waals surface area contributed by atoms with Crippen molar-refractivity contribution < 1.29 is 0 Å². The Morgan fingerprint density at radius 1 is 1.29 bits per heavy atom. The molecule has 1 aromatic carbocycles. The van der Waals surface area contributed by atoms with Crippen LogP contribution in [0.4, 0.5) is 5.82 Å². The van der Waals surface area contributed by atoms with E-state index in [4.69, 9.17) is 11.6 Å². The van der Waals surface area contributed by atoms with E-state index in [0.29, 0.717) is 11.1 Å². The first kappa shape index (κ1) is 20.4. The van der Waals surface area contributed by atoms with Crippen molar-refractivity contribution in [3.63, 3.8) is 0 Å². The number of nitrogens with one attached hydrogen (secondary N) is 2. The summed E-state index contributed by atoms with van der Waals surface area (Å²) in [5.41, 5.74) is 2.56. The first-order chi connectivity index (χ1) is 13.5. The molecule has 1 aliphatic heterocycles. The summed E-state index contributed by atoms with van der Waals surface area (Å²) >= 11 is 6.28. The Morgan fingerprint density at radius 3 is 2.86 bits per heavy atom. The molecule has 0 aliphatic carbocycles. The Balaban J connectivity index is 1.52. The van der Waals surface area contributed by atoms with Crippen molar-refractivity contribution in [2.75, 3.05) is 39.1 Å². The number of hydrogen-bond acceptors (Lipinski definition) is 4. The molecular weight excluding hydrogens is 372 g/mol. The maximum absolute atomic E-state index is 6.28. The van der Waals surface area contributed by atoms with Gasteiger partial charge in [-0.25, -0.2) is 4.98 Å². The Labute approximate surface area is 172 Å². The number of aromatic nitrogens is 1. The van der Waals surface area contributed by atoms with Crippen LogP contribution in [0, 0.1) is 0 Å². The number of halogens is 1. The fourth-order valence-electron chi connectivity index (χ4n) is 3.46. The number of pyridine rings is 1. The quantitative estimate of drug-likeness (QED) is 0.576. The molecule has 0 radical (unpaired) electrons. The van der Waals surface area contributed by atoms with E-state index in [0.717, 1.165) is 44.4 Å². The SMILES string of the molecule is CN=C(NCc1cccc(CN(C)C)c1)NC1CCN(c2ncccc2Cl)C1. The van der Waals surface area contributed by atoms with Gasteiger partial charge in [0.05, 0.1) is 5.02 Å². The lowest BCUT2D eigenvalue weighted by Crippen LogP contribution is -2.44. The van der Waals surface area contributed by atoms with Gasteiger partial charge in [0.1, 0.15) is 5.82 Å². The summed E-state index contributed by atoms with van der Waals surface area (Å²) in [5.74, 6) is 1.67. The van der Waals surface area contributed by atoms with E-state index in [9.17, 15) is 0 Å². The summed E-state index contributed by atoms with van der Waals surface area (Å²) in [6, 6.07) is 12.7. The van der Waals surface area contributed by atoms with Crippen molar-refractivity contribution >= 4 is 23.4 Å². The highest BCUT2D eigenvalue weighted by Gasteiger charge is 2.25. The zero-order chi connectivity index (χ0) is 19.9. The van der Waals surface area contributed by atoms with Crippen LogP contribution in [-0.2, 0) is 13.1 Å². The predicted molar refractivity (Wildman–Crippen MR) is 117 cm³/mol. The smallest absolute Gasteiger partial charge is 0.191 e. The molecule has 0 amide bonds. The largest absolute Gasteiger partial charge is 0.353 e. The van der Waals surface area contributed by atoms with Gasteiger partial charge in [-0.1, -0.05) is 35.9 Å². The lowest BCUT2D eigenvalue weighted by Gasteiger charge is -2.20. The van der Waals surface area contributed by atoms with E-state index in [2.05, 4.69) is 68.8 Å². The average molecular weight is 401 g/mol. The number of benzene rings is 1. The van der Waals surface area contributed by atoms with Gasteiger partial charge in [0, 0.05) is 45.5 Å². The summed E-state index contributed by atoms with van der Waals surface area (Å²) in [5, 5.41) is 7.64. The molecule has 1 unspecified atom stereocenters. The number of aliphatic imine (C=N–C) groups is 1. The lowest BCUT2D eigenvalue weighted by atomic mass is 10.1. The zero-order valence-corrected chi connectivity index (χ0v) is 17.6. The molecule has 28 heavy (non-hydrogen) atoms. The number of hydrogen-bond donors (Lipinski definition) is 2.